The molecule has 26 heavy (non-hydrogen) atoms. The molecule has 0 spiro atoms. The maximum absolute atomic E-state index is 12.2. The highest BCUT2D eigenvalue weighted by atomic mass is 16.6. The average Bonchev–Trinajstić information content (AvgIpc) is 2.72. The van der Waals surface area contributed by atoms with E-state index < -0.39 is 0 Å². The van der Waals surface area contributed by atoms with Crippen molar-refractivity contribution in [1.29, 1.82) is 0 Å². The van der Waals surface area contributed by atoms with Crippen molar-refractivity contribution >= 4 is 5.91 Å². The number of carbonyl (C=O) groups excluding carboxylic acids is 1. The Kier molecular flexibility index (Phi) is 5.02. The predicted molar refractivity (Wildman–Crippen MR) is 97.0 cm³/mol. The highest BCUT2D eigenvalue weighted by molar-refractivity contribution is 5.78. The van der Waals surface area contributed by atoms with Crippen LogP contribution in [0.3, 0.4) is 0 Å². The normalized spacial score (nSPS) is 19.8. The highest BCUT2D eigenvalue weighted by Crippen LogP contribution is 2.33. The van der Waals surface area contributed by atoms with Crippen LogP contribution in [0.1, 0.15) is 30.1 Å². The minimum Gasteiger partial charge on any atom is -0.484 e. The highest BCUT2D eigenvalue weighted by Gasteiger charge is 2.23. The zero-order chi connectivity index (χ0) is 17.8. The number of nitrogens with one attached hydrogen (secondary N) is 2. The van der Waals surface area contributed by atoms with Crippen LogP contribution in [0.25, 0.3) is 0 Å². The molecule has 1 fully saturated rings. The van der Waals surface area contributed by atoms with Gasteiger partial charge in [0.05, 0.1) is 0 Å². The van der Waals surface area contributed by atoms with E-state index in [9.17, 15) is 4.79 Å². The molecule has 2 N–H and O–H groups in total. The van der Waals surface area contributed by atoms with E-state index in [2.05, 4.69) is 15.6 Å². The van der Waals surface area contributed by atoms with Gasteiger partial charge >= 0.3 is 0 Å². The van der Waals surface area contributed by atoms with Crippen LogP contribution in [0.4, 0.5) is 0 Å². The van der Waals surface area contributed by atoms with Crippen molar-refractivity contribution in [2.24, 2.45) is 5.92 Å². The summed E-state index contributed by atoms with van der Waals surface area (Å²) in [7, 11) is 0. The van der Waals surface area contributed by atoms with E-state index in [-0.39, 0.29) is 17.9 Å². The molecule has 0 aliphatic carbocycles. The van der Waals surface area contributed by atoms with Crippen LogP contribution in [0.5, 0.6) is 11.6 Å². The van der Waals surface area contributed by atoms with Gasteiger partial charge in [-0.3, -0.25) is 4.79 Å². The number of carbonyl (C=O) groups is 1. The van der Waals surface area contributed by atoms with Gasteiger partial charge in [0.1, 0.15) is 6.61 Å². The first-order chi connectivity index (χ1) is 12.8. The molecule has 2 aliphatic rings. The molecule has 1 aromatic carbocycles. The number of ether oxygens (including phenoxy) is 2. The summed E-state index contributed by atoms with van der Waals surface area (Å²) in [6, 6.07) is 11.8. The Hall–Kier alpha value is -2.60. The summed E-state index contributed by atoms with van der Waals surface area (Å²) in [5.74, 6) is 1.50. The van der Waals surface area contributed by atoms with Crippen LogP contribution in [0.15, 0.2) is 42.6 Å². The molecule has 0 unspecified atom stereocenters. The Morgan fingerprint density at radius 1 is 1.19 bits per heavy atom. The molecule has 0 radical (unpaired) electrons. The Labute approximate surface area is 152 Å². The van der Waals surface area contributed by atoms with Gasteiger partial charge in [-0.25, -0.2) is 4.98 Å². The van der Waals surface area contributed by atoms with Gasteiger partial charge in [0, 0.05) is 18.7 Å². The lowest BCUT2D eigenvalue weighted by molar-refractivity contribution is -0.125. The Morgan fingerprint density at radius 2 is 2.00 bits per heavy atom. The molecule has 1 saturated heterocycles. The molecule has 2 aliphatic heterocycles. The summed E-state index contributed by atoms with van der Waals surface area (Å²) in [4.78, 5) is 16.4. The molecular weight excluding hydrogens is 330 g/mol. The summed E-state index contributed by atoms with van der Waals surface area (Å²) in [5.41, 5.74) is 2.11. The van der Waals surface area contributed by atoms with E-state index in [4.69, 9.17) is 9.47 Å². The van der Waals surface area contributed by atoms with Crippen LogP contribution < -0.4 is 20.1 Å². The number of piperidine rings is 1. The molecule has 2 aromatic rings. The first-order valence-electron chi connectivity index (χ1n) is 9.11. The van der Waals surface area contributed by atoms with Crippen LogP contribution >= 0.6 is 0 Å². The first kappa shape index (κ1) is 16.8. The predicted octanol–water partition coefficient (Wildman–Crippen LogP) is 2.21. The lowest BCUT2D eigenvalue weighted by atomic mass is 9.97. The van der Waals surface area contributed by atoms with Crippen molar-refractivity contribution in [3.63, 3.8) is 0 Å². The molecule has 1 amide bonds. The SMILES string of the molecule is O=C(NCc1ccc([C@H]2COc3cccnc3O2)cc1)C1CCNCC1. The van der Waals surface area contributed by atoms with E-state index in [1.807, 2.05) is 36.4 Å². The van der Waals surface area contributed by atoms with Gasteiger partial charge in [0.15, 0.2) is 11.9 Å². The number of nitrogens with zero attached hydrogens (tertiary/aromatic N) is 1. The summed E-state index contributed by atoms with van der Waals surface area (Å²) >= 11 is 0. The number of benzene rings is 1. The lowest BCUT2D eigenvalue weighted by Gasteiger charge is -2.25. The topological polar surface area (TPSA) is 72.5 Å². The third-order valence-corrected chi connectivity index (χ3v) is 4.91. The van der Waals surface area contributed by atoms with Crippen molar-refractivity contribution in [2.75, 3.05) is 19.7 Å². The van der Waals surface area contributed by atoms with E-state index in [0.717, 1.165) is 37.1 Å². The fourth-order valence-electron chi connectivity index (χ4n) is 3.34. The third-order valence-electron chi connectivity index (χ3n) is 4.91. The van der Waals surface area contributed by atoms with Gasteiger partial charge in [-0.1, -0.05) is 24.3 Å². The van der Waals surface area contributed by atoms with Crippen LogP contribution in [0.2, 0.25) is 0 Å². The van der Waals surface area contributed by atoms with Gasteiger partial charge in [-0.15, -0.1) is 0 Å². The van der Waals surface area contributed by atoms with Crippen molar-refractivity contribution in [1.82, 2.24) is 15.6 Å². The molecule has 4 rings (SSSR count). The first-order valence-corrected chi connectivity index (χ1v) is 9.11. The van der Waals surface area contributed by atoms with Crippen molar-refractivity contribution in [3.8, 4) is 11.6 Å². The minimum atomic E-state index is -0.171. The molecule has 0 bridgehead atoms. The minimum absolute atomic E-state index is 0.135. The van der Waals surface area contributed by atoms with Crippen LogP contribution in [-0.2, 0) is 11.3 Å². The number of aromatic nitrogens is 1. The number of fused-ring (bicyclic) bond motifs is 1. The Bertz CT molecular complexity index is 757. The Balaban J connectivity index is 1.33. The number of pyridine rings is 1. The van der Waals surface area contributed by atoms with Crippen LogP contribution in [0, 0.1) is 5.92 Å². The number of hydrogen-bond acceptors (Lipinski definition) is 5. The number of rotatable bonds is 4. The van der Waals surface area contributed by atoms with Gasteiger partial charge in [0.25, 0.3) is 5.88 Å². The maximum Gasteiger partial charge on any atom is 0.257 e. The maximum atomic E-state index is 12.2. The average molecular weight is 353 g/mol. The molecule has 6 nitrogen and oxygen atoms in total. The fourth-order valence-corrected chi connectivity index (χ4v) is 3.34. The zero-order valence-corrected chi connectivity index (χ0v) is 14.6. The van der Waals surface area contributed by atoms with Crippen molar-refractivity contribution in [2.45, 2.75) is 25.5 Å². The molecule has 1 aromatic heterocycles. The molecule has 6 heteroatoms. The van der Waals surface area contributed by atoms with Gasteiger partial charge in [-0.2, -0.15) is 0 Å². The second-order valence-electron chi connectivity index (χ2n) is 6.71. The van der Waals surface area contributed by atoms with Gasteiger partial charge in [0.2, 0.25) is 5.91 Å². The summed E-state index contributed by atoms with van der Waals surface area (Å²) in [5, 5.41) is 6.33. The summed E-state index contributed by atoms with van der Waals surface area (Å²) in [6.45, 7) is 2.86. The van der Waals surface area contributed by atoms with Crippen LogP contribution in [-0.4, -0.2) is 30.6 Å². The van der Waals surface area contributed by atoms with Crippen molar-refractivity contribution < 1.29 is 14.3 Å². The largest absolute Gasteiger partial charge is 0.484 e. The van der Waals surface area contributed by atoms with E-state index in [1.54, 1.807) is 6.20 Å². The van der Waals surface area contributed by atoms with Gasteiger partial charge in [-0.05, 0) is 49.2 Å². The van der Waals surface area contributed by atoms with E-state index in [0.29, 0.717) is 24.8 Å². The summed E-state index contributed by atoms with van der Waals surface area (Å²) in [6.07, 6.45) is 3.35. The number of hydrogen-bond donors (Lipinski definition) is 2. The second-order valence-corrected chi connectivity index (χ2v) is 6.71. The van der Waals surface area contributed by atoms with Gasteiger partial charge < -0.3 is 20.1 Å². The van der Waals surface area contributed by atoms with Crippen molar-refractivity contribution in [3.05, 3.63) is 53.7 Å². The lowest BCUT2D eigenvalue weighted by Crippen LogP contribution is -2.37. The second kappa shape index (κ2) is 7.74. The van der Waals surface area contributed by atoms with E-state index >= 15 is 0 Å². The quantitative estimate of drug-likeness (QED) is 0.882. The molecule has 1 atom stereocenters. The molecular formula is C20H23N3O3. The standard InChI is InChI=1S/C20H23N3O3/c24-19(16-7-10-21-11-8-16)23-12-14-3-5-15(6-4-14)18-13-25-17-2-1-9-22-20(17)26-18/h1-6,9,16,18,21H,7-8,10-13H2,(H,23,24)/t18-/m1/s1. The third kappa shape index (κ3) is 3.80. The Morgan fingerprint density at radius 3 is 2.81 bits per heavy atom. The summed E-state index contributed by atoms with van der Waals surface area (Å²) < 4.78 is 11.6. The fraction of sp³-hybridized carbons (Fsp3) is 0.400. The monoisotopic (exact) mass is 353 g/mol. The smallest absolute Gasteiger partial charge is 0.257 e. The number of amides is 1. The van der Waals surface area contributed by atoms with E-state index in [1.165, 1.54) is 0 Å². The molecule has 3 heterocycles. The zero-order valence-electron chi connectivity index (χ0n) is 14.6. The molecule has 0 saturated carbocycles. The molecule has 136 valence electrons.